The van der Waals surface area contributed by atoms with Gasteiger partial charge in [0.25, 0.3) is 15.9 Å². The summed E-state index contributed by atoms with van der Waals surface area (Å²) in [6.07, 6.45) is 10.7. The molecule has 2 aliphatic rings. The molecule has 1 fully saturated rings. The molecule has 1 aromatic heterocycles. The number of nitrogens with zero attached hydrogens (tertiary/aromatic N) is 5. The average Bonchev–Trinajstić information content (AvgIpc) is 3.83. The monoisotopic (exact) mass is 764 g/mol. The SMILES string of the molecule is CCCCCCCCCCC(C)Oc1ccc(NS(=O)(=O)c2ccccc2)c(C2=C(N3C(=O)CN(Cc4ccccc4)C3=O)N=C(n3nc(C)cc3C)C2)c1. The first kappa shape index (κ1) is 39.5. The van der Waals surface area contributed by atoms with Crippen LogP contribution in [0, 0.1) is 13.8 Å². The van der Waals surface area contributed by atoms with Gasteiger partial charge >= 0.3 is 6.03 Å². The molecule has 2 aliphatic heterocycles. The molecule has 0 radical (unpaired) electrons. The molecule has 1 saturated heterocycles. The number of unbranched alkanes of at least 4 members (excludes halogenated alkanes) is 7. The Morgan fingerprint density at radius 3 is 2.20 bits per heavy atom. The number of amides is 3. The summed E-state index contributed by atoms with van der Waals surface area (Å²) >= 11 is 0. The van der Waals surface area contributed by atoms with Gasteiger partial charge in [0.1, 0.15) is 24.0 Å². The highest BCUT2D eigenvalue weighted by Crippen LogP contribution is 2.40. The number of aliphatic imine (C=N–C) groups is 1. The third-order valence-corrected chi connectivity index (χ3v) is 11.4. The normalized spacial score (nSPS) is 15.2. The quantitative estimate of drug-likeness (QED) is 0.0796. The van der Waals surface area contributed by atoms with Gasteiger partial charge in [-0.05, 0) is 75.6 Å². The van der Waals surface area contributed by atoms with Crippen molar-refractivity contribution < 1.29 is 22.7 Å². The number of hydrogen-bond acceptors (Lipinski definition) is 7. The van der Waals surface area contributed by atoms with Crippen molar-refractivity contribution in [2.24, 2.45) is 4.99 Å². The number of rotatable bonds is 18. The number of urea groups is 1. The van der Waals surface area contributed by atoms with Gasteiger partial charge in [-0.1, -0.05) is 100 Å². The predicted octanol–water partition coefficient (Wildman–Crippen LogP) is 9.08. The molecule has 1 atom stereocenters. The zero-order valence-electron chi connectivity index (χ0n) is 32.3. The molecule has 55 heavy (non-hydrogen) atoms. The van der Waals surface area contributed by atoms with E-state index in [1.807, 2.05) is 57.2 Å². The number of nitrogens with one attached hydrogen (secondary N) is 1. The van der Waals surface area contributed by atoms with Crippen LogP contribution in [0.1, 0.15) is 101 Å². The number of anilines is 1. The van der Waals surface area contributed by atoms with Crippen LogP contribution in [0.4, 0.5) is 10.5 Å². The van der Waals surface area contributed by atoms with E-state index in [1.165, 1.54) is 55.6 Å². The Morgan fingerprint density at radius 1 is 0.855 bits per heavy atom. The zero-order valence-corrected chi connectivity index (χ0v) is 33.1. The molecular formula is C43H52N6O5S. The van der Waals surface area contributed by atoms with Gasteiger partial charge in [-0.2, -0.15) is 5.10 Å². The third-order valence-electron chi connectivity index (χ3n) is 9.97. The first-order valence-corrected chi connectivity index (χ1v) is 20.9. The van der Waals surface area contributed by atoms with E-state index in [2.05, 4.69) is 16.7 Å². The number of allylic oxidation sites excluding steroid dienone is 1. The Bertz CT molecular complexity index is 2150. The Hall–Kier alpha value is -5.23. The summed E-state index contributed by atoms with van der Waals surface area (Å²) in [4.78, 5) is 35.5. The van der Waals surface area contributed by atoms with Gasteiger partial charge in [-0.15, -0.1) is 0 Å². The van der Waals surface area contributed by atoms with E-state index >= 15 is 0 Å². The van der Waals surface area contributed by atoms with Gasteiger partial charge < -0.3 is 9.64 Å². The summed E-state index contributed by atoms with van der Waals surface area (Å²) in [6, 6.07) is 24.3. The fraction of sp³-hybridized carbons (Fsp3) is 0.395. The van der Waals surface area contributed by atoms with Crippen molar-refractivity contribution in [3.63, 3.8) is 0 Å². The van der Waals surface area contributed by atoms with E-state index in [9.17, 15) is 18.0 Å². The van der Waals surface area contributed by atoms with Crippen molar-refractivity contribution in [2.45, 2.75) is 109 Å². The van der Waals surface area contributed by atoms with Gasteiger partial charge in [0.05, 0.1) is 22.4 Å². The van der Waals surface area contributed by atoms with Crippen LogP contribution in [-0.2, 0) is 21.4 Å². The first-order valence-electron chi connectivity index (χ1n) is 19.4. The molecule has 3 aromatic carbocycles. The van der Waals surface area contributed by atoms with Gasteiger partial charge in [0, 0.05) is 29.8 Å². The maximum atomic E-state index is 14.1. The van der Waals surface area contributed by atoms with Crippen molar-refractivity contribution in [3.8, 4) is 5.75 Å². The Labute approximate surface area is 325 Å². The maximum absolute atomic E-state index is 14.1. The van der Waals surface area contributed by atoms with Crippen LogP contribution in [0.25, 0.3) is 5.57 Å². The molecule has 290 valence electrons. The smallest absolute Gasteiger partial charge is 0.333 e. The molecule has 4 aromatic rings. The molecule has 0 aliphatic carbocycles. The number of carbonyl (C=O) groups excluding carboxylic acids is 2. The van der Waals surface area contributed by atoms with E-state index in [0.717, 1.165) is 41.1 Å². The summed E-state index contributed by atoms with van der Waals surface area (Å²) in [7, 11) is -4.02. The van der Waals surface area contributed by atoms with E-state index in [4.69, 9.17) is 9.73 Å². The second kappa shape index (κ2) is 17.9. The summed E-state index contributed by atoms with van der Waals surface area (Å²) < 4.78 is 38.4. The van der Waals surface area contributed by atoms with Gasteiger partial charge in [0.2, 0.25) is 0 Å². The van der Waals surface area contributed by atoms with Crippen LogP contribution in [0.5, 0.6) is 5.75 Å². The molecule has 12 heteroatoms. The predicted molar refractivity (Wildman–Crippen MR) is 216 cm³/mol. The highest BCUT2D eigenvalue weighted by Gasteiger charge is 2.42. The first-order chi connectivity index (χ1) is 26.5. The molecule has 0 saturated carbocycles. The minimum absolute atomic E-state index is 0.0911. The van der Waals surface area contributed by atoms with E-state index < -0.39 is 22.0 Å². The molecular weight excluding hydrogens is 713 g/mol. The fourth-order valence-corrected chi connectivity index (χ4v) is 8.26. The molecule has 1 unspecified atom stereocenters. The van der Waals surface area contributed by atoms with Crippen molar-refractivity contribution in [2.75, 3.05) is 11.3 Å². The van der Waals surface area contributed by atoms with Crippen LogP contribution in [0.3, 0.4) is 0 Å². The summed E-state index contributed by atoms with van der Waals surface area (Å²) in [5.74, 6) is 0.756. The minimum Gasteiger partial charge on any atom is -0.491 e. The number of carbonyl (C=O) groups is 2. The van der Waals surface area contributed by atoms with E-state index in [-0.39, 0.29) is 42.0 Å². The van der Waals surface area contributed by atoms with Crippen molar-refractivity contribution in [3.05, 3.63) is 113 Å². The third kappa shape index (κ3) is 9.72. The lowest BCUT2D eigenvalue weighted by Crippen LogP contribution is -2.32. The largest absolute Gasteiger partial charge is 0.491 e. The van der Waals surface area contributed by atoms with Crippen molar-refractivity contribution in [1.82, 2.24) is 19.6 Å². The molecule has 0 spiro atoms. The molecule has 6 rings (SSSR count). The molecule has 3 amide bonds. The Balaban J connectivity index is 1.35. The van der Waals surface area contributed by atoms with Crippen LogP contribution >= 0.6 is 0 Å². The lowest BCUT2D eigenvalue weighted by Gasteiger charge is -2.21. The van der Waals surface area contributed by atoms with Crippen LogP contribution < -0.4 is 9.46 Å². The van der Waals surface area contributed by atoms with E-state index in [0.29, 0.717) is 22.7 Å². The minimum atomic E-state index is -4.02. The number of benzene rings is 3. The molecule has 3 heterocycles. The Kier molecular flexibility index (Phi) is 12.9. The van der Waals surface area contributed by atoms with Gasteiger partial charge in [0.15, 0.2) is 0 Å². The average molecular weight is 765 g/mol. The number of sulfonamides is 1. The lowest BCUT2D eigenvalue weighted by molar-refractivity contribution is -0.124. The summed E-state index contributed by atoms with van der Waals surface area (Å²) in [5, 5.41) is 4.65. The second-order valence-electron chi connectivity index (χ2n) is 14.5. The zero-order chi connectivity index (χ0) is 39.0. The Morgan fingerprint density at radius 2 is 1.53 bits per heavy atom. The topological polar surface area (TPSA) is 126 Å². The highest BCUT2D eigenvalue weighted by molar-refractivity contribution is 7.92. The van der Waals surface area contributed by atoms with E-state index in [1.54, 1.807) is 41.1 Å². The van der Waals surface area contributed by atoms with Crippen LogP contribution in [0.15, 0.2) is 101 Å². The number of ether oxygens (including phenoxy) is 1. The van der Waals surface area contributed by atoms with Crippen LogP contribution in [-0.4, -0.2) is 58.4 Å². The number of aromatic nitrogens is 2. The number of imide groups is 1. The summed E-state index contributed by atoms with van der Waals surface area (Å²) in [5.41, 5.74) is 3.73. The number of aryl methyl sites for hydroxylation is 2. The van der Waals surface area contributed by atoms with Gasteiger partial charge in [-0.3, -0.25) is 9.52 Å². The van der Waals surface area contributed by atoms with Crippen molar-refractivity contribution >= 4 is 39.1 Å². The molecule has 0 bridgehead atoms. The maximum Gasteiger partial charge on any atom is 0.333 e. The molecule has 11 nitrogen and oxygen atoms in total. The lowest BCUT2D eigenvalue weighted by atomic mass is 10.0. The highest BCUT2D eigenvalue weighted by atomic mass is 32.2. The van der Waals surface area contributed by atoms with Crippen LogP contribution in [0.2, 0.25) is 0 Å². The summed E-state index contributed by atoms with van der Waals surface area (Å²) in [6.45, 7) is 8.20. The fourth-order valence-electron chi connectivity index (χ4n) is 7.16. The van der Waals surface area contributed by atoms with Crippen molar-refractivity contribution in [1.29, 1.82) is 0 Å². The standard InChI is InChI=1S/C43H52N6O5S/c1-5-6-7-8-9-10-11-14-19-33(4)54-35-24-25-39(46-55(52,53)36-22-17-13-18-23-36)37(27-35)38-28-40(49-32(3)26-31(2)45-49)44-42(38)48-41(50)30-47(43(48)51)29-34-20-15-12-16-21-34/h12-13,15-18,20-27,33,46H,5-11,14,19,28-30H2,1-4H3. The second-order valence-corrected chi connectivity index (χ2v) is 16.2. The van der Waals surface area contributed by atoms with Gasteiger partial charge in [-0.25, -0.2) is 27.8 Å². The molecule has 1 N–H and O–H groups in total. The number of hydrogen-bond donors (Lipinski definition) is 1.